The molecule has 0 saturated heterocycles. The molecule has 1 aliphatic heterocycles. The second-order valence-electron chi connectivity index (χ2n) is 11.8. The fourth-order valence-corrected chi connectivity index (χ4v) is 7.44. The maximum absolute atomic E-state index is 14.3. The Morgan fingerprint density at radius 2 is 1.78 bits per heavy atom. The zero-order valence-electron chi connectivity index (χ0n) is 26.3. The molecule has 3 heterocycles. The maximum Gasteiger partial charge on any atom is 0.338 e. The van der Waals surface area contributed by atoms with Crippen molar-refractivity contribution in [2.45, 2.75) is 60.0 Å². The molecule has 8 heteroatoms. The van der Waals surface area contributed by atoms with Gasteiger partial charge in [0.15, 0.2) is 4.80 Å². The first kappa shape index (κ1) is 30.8. The molecule has 230 valence electrons. The van der Waals surface area contributed by atoms with Crippen LogP contribution in [-0.2, 0) is 16.1 Å². The fraction of sp³-hybridized carbons (Fsp3) is 0.270. The molecular weight excluding hydrogens is 602 g/mol. The average molecular weight is 638 g/mol. The van der Waals surface area contributed by atoms with Crippen molar-refractivity contribution in [2.24, 2.45) is 4.99 Å². The van der Waals surface area contributed by atoms with Gasteiger partial charge in [-0.15, -0.1) is 0 Å². The Morgan fingerprint density at radius 3 is 2.47 bits per heavy atom. The molecule has 0 N–H and O–H groups in total. The first-order valence-electron chi connectivity index (χ1n) is 15.2. The second kappa shape index (κ2) is 12.3. The molecule has 0 saturated carbocycles. The van der Waals surface area contributed by atoms with E-state index in [9.17, 15) is 9.59 Å². The minimum atomic E-state index is -0.645. The molecule has 3 aromatic carbocycles. The summed E-state index contributed by atoms with van der Waals surface area (Å²) in [4.78, 5) is 33.0. The lowest BCUT2D eigenvalue weighted by Crippen LogP contribution is -2.40. The number of carbonyl (C=O) groups excluding carboxylic acids is 1. The largest absolute Gasteiger partial charge is 0.463 e. The lowest BCUT2D eigenvalue weighted by molar-refractivity contribution is -0.139. The van der Waals surface area contributed by atoms with E-state index in [0.29, 0.717) is 33.1 Å². The monoisotopic (exact) mass is 637 g/mol. The van der Waals surface area contributed by atoms with Gasteiger partial charge in [0.25, 0.3) is 5.56 Å². The van der Waals surface area contributed by atoms with E-state index >= 15 is 0 Å². The Hall–Kier alpha value is -4.20. The number of rotatable bonds is 7. The Labute approximate surface area is 271 Å². The highest BCUT2D eigenvalue weighted by atomic mass is 35.5. The fourth-order valence-electron chi connectivity index (χ4n) is 6.22. The van der Waals surface area contributed by atoms with Gasteiger partial charge in [-0.1, -0.05) is 97.4 Å². The highest BCUT2D eigenvalue weighted by Crippen LogP contribution is 2.33. The van der Waals surface area contributed by atoms with Crippen molar-refractivity contribution in [3.8, 4) is 0 Å². The van der Waals surface area contributed by atoms with E-state index in [4.69, 9.17) is 21.3 Å². The van der Waals surface area contributed by atoms with Crippen molar-refractivity contribution < 1.29 is 9.53 Å². The SMILES string of the molecule is CCOC(=O)C1=C(C)N=c2s/c(=C\c3c(C)n(Cc4ccccc4Cl)c4c(C)cccc34)c(=O)n2[C@H]1c1ccc(C(C)C)cc1. The van der Waals surface area contributed by atoms with Gasteiger partial charge in [0.05, 0.1) is 34.0 Å². The third kappa shape index (κ3) is 5.49. The molecule has 0 radical (unpaired) electrons. The number of aryl methyl sites for hydroxylation is 1. The van der Waals surface area contributed by atoms with Crippen LogP contribution >= 0.6 is 22.9 Å². The Morgan fingerprint density at radius 1 is 1.04 bits per heavy atom. The molecule has 6 nitrogen and oxygen atoms in total. The van der Waals surface area contributed by atoms with E-state index in [0.717, 1.165) is 43.9 Å². The minimum absolute atomic E-state index is 0.190. The van der Waals surface area contributed by atoms with Gasteiger partial charge in [0.1, 0.15) is 0 Å². The first-order chi connectivity index (χ1) is 21.6. The number of hydrogen-bond donors (Lipinski definition) is 0. The van der Waals surface area contributed by atoms with Crippen LogP contribution < -0.4 is 14.9 Å². The van der Waals surface area contributed by atoms with E-state index < -0.39 is 12.0 Å². The highest BCUT2D eigenvalue weighted by molar-refractivity contribution is 7.07. The quantitative estimate of drug-likeness (QED) is 0.177. The first-order valence-corrected chi connectivity index (χ1v) is 16.4. The summed E-state index contributed by atoms with van der Waals surface area (Å²) in [5.74, 6) is -0.102. The molecule has 0 amide bonds. The Kier molecular flexibility index (Phi) is 8.42. The van der Waals surface area contributed by atoms with Gasteiger partial charge >= 0.3 is 5.97 Å². The van der Waals surface area contributed by atoms with Crippen molar-refractivity contribution in [2.75, 3.05) is 6.61 Å². The second-order valence-corrected chi connectivity index (χ2v) is 13.2. The summed E-state index contributed by atoms with van der Waals surface area (Å²) in [6.45, 7) is 12.9. The maximum atomic E-state index is 14.3. The third-order valence-electron chi connectivity index (χ3n) is 8.59. The lowest BCUT2D eigenvalue weighted by Gasteiger charge is -2.25. The standard InChI is InChI=1S/C37H36ClN3O3S/c1-7-44-36(43)32-23(5)39-37-41(34(32)26-17-15-25(16-18-26)21(2)3)35(42)31(45-37)19-29-24(6)40(20-27-12-8-9-14-30(27)38)33-22(4)11-10-13-28(29)33/h8-19,21,34H,7,20H2,1-6H3/b31-19-/t34-/m0/s1. The lowest BCUT2D eigenvalue weighted by atomic mass is 9.93. The van der Waals surface area contributed by atoms with Crippen LogP contribution in [0.2, 0.25) is 5.02 Å². The highest BCUT2D eigenvalue weighted by Gasteiger charge is 2.33. The van der Waals surface area contributed by atoms with Gasteiger partial charge in [-0.25, -0.2) is 9.79 Å². The molecule has 0 unspecified atom stereocenters. The zero-order chi connectivity index (χ0) is 32.0. The number of fused-ring (bicyclic) bond motifs is 2. The molecule has 2 aromatic heterocycles. The van der Waals surface area contributed by atoms with Crippen LogP contribution in [0.1, 0.15) is 73.2 Å². The number of carbonyl (C=O) groups is 1. The molecule has 45 heavy (non-hydrogen) atoms. The number of allylic oxidation sites excluding steroid dienone is 1. The molecule has 0 bridgehead atoms. The summed E-state index contributed by atoms with van der Waals surface area (Å²) in [5, 5.41) is 1.78. The number of ether oxygens (including phenoxy) is 1. The van der Waals surface area contributed by atoms with Crippen LogP contribution in [0.3, 0.4) is 0 Å². The number of benzene rings is 3. The Bertz CT molecular complexity index is 2170. The molecule has 1 atom stereocenters. The number of aromatic nitrogens is 2. The molecule has 6 rings (SSSR count). The van der Waals surface area contributed by atoms with Gasteiger partial charge < -0.3 is 9.30 Å². The van der Waals surface area contributed by atoms with Crippen LogP contribution in [-0.4, -0.2) is 21.7 Å². The summed E-state index contributed by atoms with van der Waals surface area (Å²) >= 11 is 7.92. The molecule has 0 fully saturated rings. The van der Waals surface area contributed by atoms with Crippen molar-refractivity contribution in [1.82, 2.24) is 9.13 Å². The Balaban J connectivity index is 1.56. The zero-order valence-corrected chi connectivity index (χ0v) is 27.9. The van der Waals surface area contributed by atoms with Gasteiger partial charge in [-0.3, -0.25) is 9.36 Å². The number of esters is 1. The van der Waals surface area contributed by atoms with Crippen LogP contribution in [0.25, 0.3) is 17.0 Å². The van der Waals surface area contributed by atoms with Crippen molar-refractivity contribution in [1.29, 1.82) is 0 Å². The number of para-hydroxylation sites is 1. The predicted octanol–water partition coefficient (Wildman–Crippen LogP) is 7.19. The minimum Gasteiger partial charge on any atom is -0.463 e. The number of halogens is 1. The van der Waals surface area contributed by atoms with Crippen molar-refractivity contribution >= 4 is 45.9 Å². The number of thiazole rings is 1. The van der Waals surface area contributed by atoms with Crippen molar-refractivity contribution in [3.63, 3.8) is 0 Å². The normalized spacial score (nSPS) is 15.1. The summed E-state index contributed by atoms with van der Waals surface area (Å²) in [6, 6.07) is 21.6. The van der Waals surface area contributed by atoms with Gasteiger partial charge in [-0.2, -0.15) is 0 Å². The van der Waals surface area contributed by atoms with Crippen molar-refractivity contribution in [3.05, 3.63) is 136 Å². The number of hydrogen-bond acceptors (Lipinski definition) is 5. The number of nitrogens with zero attached hydrogens (tertiary/aromatic N) is 3. The van der Waals surface area contributed by atoms with Crippen LogP contribution in [0, 0.1) is 13.8 Å². The van der Waals surface area contributed by atoms with E-state index in [1.54, 1.807) is 11.5 Å². The third-order valence-corrected chi connectivity index (χ3v) is 9.94. The van der Waals surface area contributed by atoms with Gasteiger partial charge in [0.2, 0.25) is 0 Å². The van der Waals surface area contributed by atoms with Gasteiger partial charge in [-0.05, 0) is 68.0 Å². The van der Waals surface area contributed by atoms with E-state index in [1.807, 2.05) is 55.5 Å². The predicted molar refractivity (Wildman–Crippen MR) is 183 cm³/mol. The topological polar surface area (TPSA) is 65.6 Å². The summed E-state index contributed by atoms with van der Waals surface area (Å²) in [5.41, 5.74) is 8.07. The summed E-state index contributed by atoms with van der Waals surface area (Å²) in [7, 11) is 0. The van der Waals surface area contributed by atoms with Crippen LogP contribution in [0.15, 0.2) is 87.8 Å². The van der Waals surface area contributed by atoms with E-state index in [2.05, 4.69) is 56.5 Å². The molecular formula is C37H36ClN3O3S. The summed E-state index contributed by atoms with van der Waals surface area (Å²) in [6.07, 6.45) is 1.98. The average Bonchev–Trinajstić information content (AvgIpc) is 3.46. The van der Waals surface area contributed by atoms with E-state index in [1.165, 1.54) is 16.9 Å². The summed E-state index contributed by atoms with van der Waals surface area (Å²) < 4.78 is 9.95. The van der Waals surface area contributed by atoms with Crippen LogP contribution in [0.4, 0.5) is 0 Å². The molecule has 0 aliphatic carbocycles. The molecule has 5 aromatic rings. The van der Waals surface area contributed by atoms with Gasteiger partial charge in [0, 0.05) is 28.2 Å². The smallest absolute Gasteiger partial charge is 0.338 e. The van der Waals surface area contributed by atoms with E-state index in [-0.39, 0.29) is 12.2 Å². The molecule has 1 aliphatic rings. The molecule has 0 spiro atoms. The van der Waals surface area contributed by atoms with Crippen LogP contribution in [0.5, 0.6) is 0 Å².